The zero-order chi connectivity index (χ0) is 13.0. The van der Waals surface area contributed by atoms with Crippen molar-refractivity contribution >= 4 is 17.2 Å². The number of nitrogens with one attached hydrogen (secondary N) is 1. The highest BCUT2D eigenvalue weighted by Gasteiger charge is 2.20. The van der Waals surface area contributed by atoms with E-state index in [0.717, 1.165) is 24.8 Å². The Morgan fingerprint density at radius 2 is 2.28 bits per heavy atom. The van der Waals surface area contributed by atoms with Crippen molar-refractivity contribution in [3.63, 3.8) is 0 Å². The smallest absolute Gasteiger partial charge is 0.161 e. The summed E-state index contributed by atoms with van der Waals surface area (Å²) in [4.78, 5) is 11.2. The van der Waals surface area contributed by atoms with Gasteiger partial charge in [-0.2, -0.15) is 0 Å². The summed E-state index contributed by atoms with van der Waals surface area (Å²) in [7, 11) is 0. The van der Waals surface area contributed by atoms with Crippen molar-refractivity contribution in [2.75, 3.05) is 30.8 Å². The van der Waals surface area contributed by atoms with Crippen LogP contribution in [0.15, 0.2) is 18.2 Å². The molecule has 0 amide bonds. The van der Waals surface area contributed by atoms with Crippen LogP contribution in [0.1, 0.15) is 30.1 Å². The highest BCUT2D eigenvalue weighted by Crippen LogP contribution is 2.28. The van der Waals surface area contributed by atoms with E-state index < -0.39 is 0 Å². The van der Waals surface area contributed by atoms with Crippen molar-refractivity contribution in [1.29, 1.82) is 0 Å². The molecule has 2 rings (SSSR count). The first-order chi connectivity index (χ1) is 8.66. The van der Waals surface area contributed by atoms with E-state index in [1.165, 1.54) is 19.8 Å². The third kappa shape index (κ3) is 3.74. The summed E-state index contributed by atoms with van der Waals surface area (Å²) in [5.41, 5.74) is 7.83. The molecule has 98 valence electrons. The van der Waals surface area contributed by atoms with Crippen LogP contribution in [-0.2, 0) is 4.74 Å². The summed E-state index contributed by atoms with van der Waals surface area (Å²) in [5.74, 6) is 0.794. The second-order valence-electron chi connectivity index (χ2n) is 4.80. The standard InChI is InChI=1S/C14H20N2O2/c1-10(17)13-5-4-12(8-14(13)15)16-6-7-18-9-11-2-3-11/h4-5,8,11,16H,2-3,6-7,9,15H2,1H3. The predicted molar refractivity (Wildman–Crippen MR) is 72.9 cm³/mol. The molecule has 0 heterocycles. The molecule has 4 nitrogen and oxygen atoms in total. The number of anilines is 2. The maximum absolute atomic E-state index is 11.2. The normalized spacial score (nSPS) is 14.5. The molecule has 0 aromatic heterocycles. The van der Waals surface area contributed by atoms with Gasteiger partial charge in [-0.15, -0.1) is 0 Å². The van der Waals surface area contributed by atoms with Gasteiger partial charge >= 0.3 is 0 Å². The Morgan fingerprint density at radius 1 is 1.50 bits per heavy atom. The van der Waals surface area contributed by atoms with Crippen molar-refractivity contribution < 1.29 is 9.53 Å². The average molecular weight is 248 g/mol. The van der Waals surface area contributed by atoms with Gasteiger partial charge in [0.05, 0.1) is 6.61 Å². The molecule has 0 spiro atoms. The molecule has 1 aromatic rings. The van der Waals surface area contributed by atoms with Gasteiger partial charge in [-0.25, -0.2) is 0 Å². The Labute approximate surface area is 108 Å². The van der Waals surface area contributed by atoms with Crippen molar-refractivity contribution in [2.45, 2.75) is 19.8 Å². The number of hydrogen-bond acceptors (Lipinski definition) is 4. The van der Waals surface area contributed by atoms with E-state index in [2.05, 4.69) is 5.32 Å². The molecule has 1 aliphatic carbocycles. The van der Waals surface area contributed by atoms with Gasteiger partial charge in [0.1, 0.15) is 0 Å². The maximum atomic E-state index is 11.2. The monoisotopic (exact) mass is 248 g/mol. The highest BCUT2D eigenvalue weighted by atomic mass is 16.5. The van der Waals surface area contributed by atoms with E-state index in [1.807, 2.05) is 6.07 Å². The first-order valence-corrected chi connectivity index (χ1v) is 6.39. The van der Waals surface area contributed by atoms with Crippen LogP contribution in [0.25, 0.3) is 0 Å². The molecule has 0 aliphatic heterocycles. The summed E-state index contributed by atoms with van der Waals surface area (Å²) in [5, 5.41) is 3.23. The molecule has 1 aromatic carbocycles. The molecule has 3 N–H and O–H groups in total. The van der Waals surface area contributed by atoms with Crippen LogP contribution in [0, 0.1) is 5.92 Å². The summed E-state index contributed by atoms with van der Waals surface area (Å²) in [6, 6.07) is 5.41. The minimum atomic E-state index is -0.00758. The molecule has 1 aliphatic rings. The molecule has 18 heavy (non-hydrogen) atoms. The van der Waals surface area contributed by atoms with Gasteiger partial charge < -0.3 is 15.8 Å². The number of ether oxygens (including phenoxy) is 1. The molecule has 0 bridgehead atoms. The summed E-state index contributed by atoms with van der Waals surface area (Å²) < 4.78 is 5.52. The third-order valence-corrected chi connectivity index (χ3v) is 3.06. The van der Waals surface area contributed by atoms with Crippen LogP contribution in [0.4, 0.5) is 11.4 Å². The molecule has 1 fully saturated rings. The second kappa shape index (κ2) is 5.87. The van der Waals surface area contributed by atoms with Crippen LogP contribution >= 0.6 is 0 Å². The predicted octanol–water partition coefficient (Wildman–Crippen LogP) is 2.31. The number of carbonyl (C=O) groups excluding carboxylic acids is 1. The van der Waals surface area contributed by atoms with Gasteiger partial charge in [0.25, 0.3) is 0 Å². The van der Waals surface area contributed by atoms with Gasteiger partial charge in [0, 0.05) is 30.1 Å². The minimum absolute atomic E-state index is 0.00758. The summed E-state index contributed by atoms with van der Waals surface area (Å²) >= 11 is 0. The molecular formula is C14H20N2O2. The van der Waals surface area contributed by atoms with Crippen LogP contribution in [0.3, 0.4) is 0 Å². The Morgan fingerprint density at radius 3 is 2.89 bits per heavy atom. The molecular weight excluding hydrogens is 228 g/mol. The summed E-state index contributed by atoms with van der Waals surface area (Å²) in [6.45, 7) is 3.86. The molecule has 0 radical (unpaired) electrons. The van der Waals surface area contributed by atoms with E-state index in [0.29, 0.717) is 17.9 Å². The molecule has 4 heteroatoms. The lowest BCUT2D eigenvalue weighted by molar-refractivity contribution is 0.101. The van der Waals surface area contributed by atoms with E-state index in [-0.39, 0.29) is 5.78 Å². The van der Waals surface area contributed by atoms with Crippen molar-refractivity contribution in [3.8, 4) is 0 Å². The number of benzene rings is 1. The fourth-order valence-electron chi connectivity index (χ4n) is 1.80. The average Bonchev–Trinajstić information content (AvgIpc) is 3.12. The Bertz CT molecular complexity index is 428. The van der Waals surface area contributed by atoms with Crippen LogP contribution < -0.4 is 11.1 Å². The molecule has 0 unspecified atom stereocenters. The number of nitrogen functional groups attached to an aromatic ring is 1. The number of ketones is 1. The lowest BCUT2D eigenvalue weighted by Crippen LogP contribution is -2.11. The first kappa shape index (κ1) is 12.9. The molecule has 0 atom stereocenters. The van der Waals surface area contributed by atoms with E-state index in [4.69, 9.17) is 10.5 Å². The van der Waals surface area contributed by atoms with Crippen LogP contribution in [0.2, 0.25) is 0 Å². The quantitative estimate of drug-likeness (QED) is 0.441. The lowest BCUT2D eigenvalue weighted by Gasteiger charge is -2.09. The highest BCUT2D eigenvalue weighted by molar-refractivity contribution is 5.99. The van der Waals surface area contributed by atoms with Crippen LogP contribution in [-0.4, -0.2) is 25.5 Å². The van der Waals surface area contributed by atoms with Gasteiger partial charge in [0.2, 0.25) is 0 Å². The number of Topliss-reactive ketones (excluding diaryl/α,β-unsaturated/α-hetero) is 1. The number of carbonyl (C=O) groups is 1. The largest absolute Gasteiger partial charge is 0.398 e. The fourth-order valence-corrected chi connectivity index (χ4v) is 1.80. The number of rotatable bonds is 7. The fraction of sp³-hybridized carbons (Fsp3) is 0.500. The van der Waals surface area contributed by atoms with Crippen molar-refractivity contribution in [3.05, 3.63) is 23.8 Å². The SMILES string of the molecule is CC(=O)c1ccc(NCCOCC2CC2)cc1N. The Kier molecular flexibility index (Phi) is 4.20. The first-order valence-electron chi connectivity index (χ1n) is 6.39. The van der Waals surface area contributed by atoms with Crippen molar-refractivity contribution in [2.24, 2.45) is 5.92 Å². The lowest BCUT2D eigenvalue weighted by atomic mass is 10.1. The van der Waals surface area contributed by atoms with E-state index in [9.17, 15) is 4.79 Å². The van der Waals surface area contributed by atoms with Gasteiger partial charge in [-0.1, -0.05) is 0 Å². The summed E-state index contributed by atoms with van der Waals surface area (Å²) in [6.07, 6.45) is 2.63. The number of hydrogen-bond donors (Lipinski definition) is 2. The second-order valence-corrected chi connectivity index (χ2v) is 4.80. The topological polar surface area (TPSA) is 64.3 Å². The Hall–Kier alpha value is -1.55. The Balaban J connectivity index is 1.74. The van der Waals surface area contributed by atoms with E-state index in [1.54, 1.807) is 12.1 Å². The molecule has 1 saturated carbocycles. The minimum Gasteiger partial charge on any atom is -0.398 e. The van der Waals surface area contributed by atoms with Gasteiger partial charge in [-0.05, 0) is 43.9 Å². The van der Waals surface area contributed by atoms with E-state index >= 15 is 0 Å². The van der Waals surface area contributed by atoms with Crippen LogP contribution in [0.5, 0.6) is 0 Å². The molecule has 0 saturated heterocycles. The zero-order valence-corrected chi connectivity index (χ0v) is 10.7. The van der Waals surface area contributed by atoms with Gasteiger partial charge in [-0.3, -0.25) is 4.79 Å². The number of nitrogens with two attached hydrogens (primary N) is 1. The van der Waals surface area contributed by atoms with Crippen molar-refractivity contribution in [1.82, 2.24) is 0 Å². The van der Waals surface area contributed by atoms with Gasteiger partial charge in [0.15, 0.2) is 5.78 Å². The zero-order valence-electron chi connectivity index (χ0n) is 10.7. The maximum Gasteiger partial charge on any atom is 0.161 e. The third-order valence-electron chi connectivity index (χ3n) is 3.06.